The SMILES string of the molecule is C=CCCN(C)c1nc(C(=O)NNC(=O)C(CCC=C)(OCc2ccccc2)C(F)(F)F)c(NC(=O)OC(C)(C)C)cc1S(C)(=O)=O. The normalized spacial score (nSPS) is 13.1. The number of nitrogens with one attached hydrogen (secondary N) is 3. The number of aromatic nitrogens is 1. The van der Waals surface area contributed by atoms with Crippen LogP contribution < -0.4 is 21.1 Å². The number of amides is 3. The van der Waals surface area contributed by atoms with Crippen molar-refractivity contribution in [3.8, 4) is 0 Å². The number of hydrogen-bond acceptors (Lipinski definition) is 9. The van der Waals surface area contributed by atoms with E-state index in [1.165, 1.54) is 30.2 Å². The van der Waals surface area contributed by atoms with Crippen molar-refractivity contribution < 1.29 is 45.4 Å². The molecule has 0 bridgehead atoms. The number of ether oxygens (including phenoxy) is 2. The van der Waals surface area contributed by atoms with E-state index in [9.17, 15) is 36.0 Å². The van der Waals surface area contributed by atoms with Crippen LogP contribution >= 0.6 is 0 Å². The molecule has 0 radical (unpaired) electrons. The molecule has 16 heteroatoms. The molecule has 0 aliphatic carbocycles. The van der Waals surface area contributed by atoms with Gasteiger partial charge in [0.25, 0.3) is 11.8 Å². The van der Waals surface area contributed by atoms with Gasteiger partial charge in [-0.15, -0.1) is 13.2 Å². The second-order valence-electron chi connectivity index (χ2n) is 11.4. The van der Waals surface area contributed by atoms with Gasteiger partial charge in [0.2, 0.25) is 5.60 Å². The van der Waals surface area contributed by atoms with Crippen molar-refractivity contribution in [3.63, 3.8) is 0 Å². The van der Waals surface area contributed by atoms with E-state index < -0.39 is 69.5 Å². The molecule has 1 atom stereocenters. The second kappa shape index (κ2) is 15.9. The van der Waals surface area contributed by atoms with Crippen LogP contribution in [0.1, 0.15) is 56.1 Å². The van der Waals surface area contributed by atoms with Gasteiger partial charge in [-0.2, -0.15) is 13.2 Å². The number of nitrogens with zero attached hydrogens (tertiary/aromatic N) is 2. The Hall–Kier alpha value is -4.44. The highest BCUT2D eigenvalue weighted by molar-refractivity contribution is 7.90. The van der Waals surface area contributed by atoms with E-state index in [2.05, 4.69) is 23.5 Å². The lowest BCUT2D eigenvalue weighted by molar-refractivity contribution is -0.273. The Morgan fingerprint density at radius 3 is 2.17 bits per heavy atom. The molecule has 1 heterocycles. The van der Waals surface area contributed by atoms with Crippen molar-refractivity contribution in [1.29, 1.82) is 0 Å². The van der Waals surface area contributed by atoms with Gasteiger partial charge in [0.1, 0.15) is 16.3 Å². The average molecular weight is 684 g/mol. The van der Waals surface area contributed by atoms with Gasteiger partial charge in [-0.05, 0) is 51.7 Å². The van der Waals surface area contributed by atoms with Gasteiger partial charge in [0.05, 0.1) is 12.3 Å². The van der Waals surface area contributed by atoms with Crippen LogP contribution in [-0.4, -0.2) is 68.5 Å². The topological polar surface area (TPSA) is 156 Å². The Balaban J connectivity index is 2.57. The largest absolute Gasteiger partial charge is 0.444 e. The lowest BCUT2D eigenvalue weighted by Crippen LogP contribution is -2.61. The third kappa shape index (κ3) is 10.8. The van der Waals surface area contributed by atoms with E-state index in [0.29, 0.717) is 12.0 Å². The van der Waals surface area contributed by atoms with Gasteiger partial charge in [0, 0.05) is 19.8 Å². The summed E-state index contributed by atoms with van der Waals surface area (Å²) in [6.45, 7) is 11.4. The Bertz CT molecular complexity index is 1560. The molecule has 12 nitrogen and oxygen atoms in total. The first kappa shape index (κ1) is 38.7. The monoisotopic (exact) mass is 683 g/mol. The molecule has 0 aliphatic heterocycles. The van der Waals surface area contributed by atoms with E-state index >= 15 is 0 Å². The number of sulfone groups is 1. The summed E-state index contributed by atoms with van der Waals surface area (Å²) < 4.78 is 79.6. The molecule has 0 spiro atoms. The van der Waals surface area contributed by atoms with Gasteiger partial charge >= 0.3 is 12.3 Å². The molecule has 0 saturated heterocycles. The molecule has 47 heavy (non-hydrogen) atoms. The third-order valence-corrected chi connectivity index (χ3v) is 7.49. The standard InChI is InChI=1S/C31H40F3N5O7S/c1-8-10-17-30(31(32,33)34,45-20-21-15-13-12-14-16-21)27(41)38-37-26(40)24-22(35-28(42)46-29(3,4)5)19-23(47(7,43)44)25(36-24)39(6)18-11-9-2/h8-9,12-16,19H,1-2,10-11,17-18,20H2,3-7H3,(H,35,42)(H,37,40)(H,38,41). The zero-order valence-electron chi connectivity index (χ0n) is 26.9. The number of carbonyl (C=O) groups excluding carboxylic acids is 3. The summed E-state index contributed by atoms with van der Waals surface area (Å²) in [6.07, 6.45) is -3.42. The highest BCUT2D eigenvalue weighted by atomic mass is 32.2. The molecule has 0 aliphatic rings. The van der Waals surface area contributed by atoms with Crippen LogP contribution in [0.2, 0.25) is 0 Å². The number of carbonyl (C=O) groups is 3. The maximum absolute atomic E-state index is 14.6. The maximum Gasteiger partial charge on any atom is 0.426 e. The summed E-state index contributed by atoms with van der Waals surface area (Å²) >= 11 is 0. The number of benzene rings is 1. The number of hydrogen-bond donors (Lipinski definition) is 3. The summed E-state index contributed by atoms with van der Waals surface area (Å²) in [5.41, 5.74) is -1.48. The first-order valence-electron chi connectivity index (χ1n) is 14.3. The number of anilines is 2. The summed E-state index contributed by atoms with van der Waals surface area (Å²) in [5.74, 6) is -3.23. The molecule has 1 aromatic heterocycles. The molecular formula is C31H40F3N5O7S. The number of halogens is 3. The van der Waals surface area contributed by atoms with E-state index in [1.807, 2.05) is 5.43 Å². The molecule has 3 N–H and O–H groups in total. The van der Waals surface area contributed by atoms with Gasteiger partial charge < -0.3 is 14.4 Å². The Kier molecular flexibility index (Phi) is 13.1. The Morgan fingerprint density at radius 1 is 1.02 bits per heavy atom. The van der Waals surface area contributed by atoms with Gasteiger partial charge in [-0.25, -0.2) is 18.2 Å². The zero-order chi connectivity index (χ0) is 35.6. The number of allylic oxidation sites excluding steroid dienone is 1. The van der Waals surface area contributed by atoms with E-state index in [-0.39, 0.29) is 23.7 Å². The van der Waals surface area contributed by atoms with Crippen LogP contribution in [0.3, 0.4) is 0 Å². The van der Waals surface area contributed by atoms with E-state index in [1.54, 1.807) is 50.5 Å². The number of hydrazine groups is 1. The van der Waals surface area contributed by atoms with Crippen LogP contribution in [0, 0.1) is 0 Å². The lowest BCUT2D eigenvalue weighted by atomic mass is 9.95. The average Bonchev–Trinajstić information content (AvgIpc) is 2.96. The van der Waals surface area contributed by atoms with Crippen molar-refractivity contribution in [2.75, 3.05) is 30.1 Å². The lowest BCUT2D eigenvalue weighted by Gasteiger charge is -2.34. The maximum atomic E-state index is 14.6. The molecule has 2 rings (SSSR count). The van der Waals surface area contributed by atoms with Crippen LogP contribution in [0.25, 0.3) is 0 Å². The van der Waals surface area contributed by atoms with Gasteiger partial charge in [0.15, 0.2) is 15.5 Å². The highest BCUT2D eigenvalue weighted by Gasteiger charge is 2.61. The second-order valence-corrected chi connectivity index (χ2v) is 13.4. The third-order valence-electron chi connectivity index (χ3n) is 6.39. The fourth-order valence-corrected chi connectivity index (χ4v) is 4.93. The molecule has 0 fully saturated rings. The summed E-state index contributed by atoms with van der Waals surface area (Å²) in [5, 5.41) is 2.27. The summed E-state index contributed by atoms with van der Waals surface area (Å²) in [7, 11) is -2.52. The fraction of sp³-hybridized carbons (Fsp3) is 0.419. The number of pyridine rings is 1. The molecular weight excluding hydrogens is 643 g/mol. The summed E-state index contributed by atoms with van der Waals surface area (Å²) in [4.78, 5) is 44.6. The minimum atomic E-state index is -5.24. The molecule has 0 saturated carbocycles. The van der Waals surface area contributed by atoms with Gasteiger partial charge in [-0.3, -0.25) is 25.8 Å². The predicted octanol–water partition coefficient (Wildman–Crippen LogP) is 5.09. The van der Waals surface area contributed by atoms with Crippen LogP contribution in [0.15, 0.2) is 66.6 Å². The van der Waals surface area contributed by atoms with Crippen molar-refractivity contribution in [2.45, 2.75) is 68.9 Å². The van der Waals surface area contributed by atoms with Crippen molar-refractivity contribution in [1.82, 2.24) is 15.8 Å². The number of rotatable bonds is 14. The van der Waals surface area contributed by atoms with Gasteiger partial charge in [-0.1, -0.05) is 42.5 Å². The highest BCUT2D eigenvalue weighted by Crippen LogP contribution is 2.39. The quantitative estimate of drug-likeness (QED) is 0.182. The van der Waals surface area contributed by atoms with Crippen LogP contribution in [0.4, 0.5) is 29.5 Å². The van der Waals surface area contributed by atoms with E-state index in [0.717, 1.165) is 12.3 Å². The number of alkyl halides is 3. The van der Waals surface area contributed by atoms with Crippen LogP contribution in [-0.2, 0) is 30.7 Å². The van der Waals surface area contributed by atoms with Crippen molar-refractivity contribution in [3.05, 3.63) is 73.0 Å². The Morgan fingerprint density at radius 2 is 1.64 bits per heavy atom. The smallest absolute Gasteiger partial charge is 0.426 e. The zero-order valence-corrected chi connectivity index (χ0v) is 27.7. The molecule has 1 aromatic carbocycles. The first-order chi connectivity index (χ1) is 21.8. The van der Waals surface area contributed by atoms with E-state index in [4.69, 9.17) is 9.47 Å². The molecule has 2 aromatic rings. The van der Waals surface area contributed by atoms with Crippen molar-refractivity contribution in [2.24, 2.45) is 0 Å². The van der Waals surface area contributed by atoms with Crippen molar-refractivity contribution >= 4 is 39.3 Å². The van der Waals surface area contributed by atoms with Crippen LogP contribution in [0.5, 0.6) is 0 Å². The first-order valence-corrected chi connectivity index (χ1v) is 16.2. The predicted molar refractivity (Wildman–Crippen MR) is 170 cm³/mol. The minimum absolute atomic E-state index is 0.206. The molecule has 3 amide bonds. The molecule has 258 valence electrons. The minimum Gasteiger partial charge on any atom is -0.444 e. The fourth-order valence-electron chi connectivity index (χ4n) is 4.07. The Labute approximate surface area is 272 Å². The molecule has 1 unspecified atom stereocenters. The summed E-state index contributed by atoms with van der Waals surface area (Å²) in [6, 6.07) is 8.84.